The lowest BCUT2D eigenvalue weighted by atomic mass is 10.0. The van der Waals surface area contributed by atoms with E-state index in [1.165, 1.54) is 0 Å². The smallest absolute Gasteiger partial charge is 0.220 e. The highest BCUT2D eigenvalue weighted by atomic mass is 16.2. The van der Waals surface area contributed by atoms with E-state index in [0.29, 0.717) is 19.3 Å². The van der Waals surface area contributed by atoms with E-state index in [2.05, 4.69) is 25.5 Å². The summed E-state index contributed by atoms with van der Waals surface area (Å²) < 4.78 is 0. The van der Waals surface area contributed by atoms with Crippen LogP contribution in [-0.4, -0.2) is 47.0 Å². The molecule has 1 aromatic rings. The largest absolute Gasteiger partial charge is 0.356 e. The Morgan fingerprint density at radius 2 is 1.81 bits per heavy atom. The van der Waals surface area contributed by atoms with Crippen molar-refractivity contribution >= 4 is 17.6 Å². The number of hydrogen-bond donors (Lipinski definition) is 2. The minimum absolute atomic E-state index is 0.0107. The van der Waals surface area contributed by atoms with Crippen LogP contribution < -0.4 is 15.5 Å². The van der Waals surface area contributed by atoms with E-state index in [0.717, 1.165) is 43.3 Å². The number of carbonyl (C=O) groups excluding carboxylic acids is 2. The number of nitrogens with zero attached hydrogens (tertiary/aromatic N) is 3. The number of amides is 2. The normalized spacial score (nSPS) is 15.2. The van der Waals surface area contributed by atoms with Crippen LogP contribution >= 0.6 is 0 Å². The molecule has 26 heavy (non-hydrogen) atoms. The predicted molar refractivity (Wildman–Crippen MR) is 102 cm³/mol. The average molecular weight is 361 g/mol. The Kier molecular flexibility index (Phi) is 7.36. The third-order valence-electron chi connectivity index (χ3n) is 4.39. The minimum Gasteiger partial charge on any atom is -0.356 e. The molecule has 144 valence electrons. The first-order chi connectivity index (χ1) is 12.3. The van der Waals surface area contributed by atoms with Crippen LogP contribution in [0.1, 0.15) is 57.5 Å². The highest BCUT2D eigenvalue weighted by molar-refractivity contribution is 5.79. The first-order valence-electron chi connectivity index (χ1n) is 9.49. The molecule has 0 bridgehead atoms. The number of carbonyl (C=O) groups is 2. The number of piperidine rings is 1. The van der Waals surface area contributed by atoms with Crippen molar-refractivity contribution in [1.29, 1.82) is 0 Å². The van der Waals surface area contributed by atoms with Gasteiger partial charge in [0.15, 0.2) is 0 Å². The topological polar surface area (TPSA) is 87.2 Å². The summed E-state index contributed by atoms with van der Waals surface area (Å²) in [4.78, 5) is 34.7. The summed E-state index contributed by atoms with van der Waals surface area (Å²) in [6, 6.07) is 2.35. The van der Waals surface area contributed by atoms with Gasteiger partial charge in [-0.25, -0.2) is 9.97 Å². The van der Waals surface area contributed by atoms with E-state index in [-0.39, 0.29) is 23.9 Å². The zero-order valence-electron chi connectivity index (χ0n) is 16.3. The summed E-state index contributed by atoms with van der Waals surface area (Å²) in [6.45, 7) is 9.49. The lowest BCUT2D eigenvalue weighted by molar-refractivity contribution is -0.123. The molecule has 0 atom stereocenters. The molecule has 1 fully saturated rings. The molecule has 1 aromatic heterocycles. The fourth-order valence-electron chi connectivity index (χ4n) is 3.22. The van der Waals surface area contributed by atoms with Gasteiger partial charge in [0.1, 0.15) is 11.6 Å². The van der Waals surface area contributed by atoms with Crippen molar-refractivity contribution in [2.45, 2.75) is 71.9 Å². The Bertz CT molecular complexity index is 604. The van der Waals surface area contributed by atoms with Gasteiger partial charge in [-0.2, -0.15) is 0 Å². The van der Waals surface area contributed by atoms with Crippen molar-refractivity contribution in [2.75, 3.05) is 18.0 Å². The predicted octanol–water partition coefficient (Wildman–Crippen LogP) is 1.87. The Morgan fingerprint density at radius 1 is 1.15 bits per heavy atom. The van der Waals surface area contributed by atoms with Gasteiger partial charge in [-0.15, -0.1) is 0 Å². The molecular weight excluding hydrogens is 330 g/mol. The fourth-order valence-corrected chi connectivity index (χ4v) is 3.22. The third-order valence-corrected chi connectivity index (χ3v) is 4.39. The number of anilines is 1. The monoisotopic (exact) mass is 361 g/mol. The second-order valence-corrected chi connectivity index (χ2v) is 7.32. The molecule has 2 amide bonds. The first-order valence-corrected chi connectivity index (χ1v) is 9.49. The zero-order valence-corrected chi connectivity index (χ0v) is 16.3. The molecule has 1 aliphatic rings. The molecule has 0 spiro atoms. The number of nitrogens with one attached hydrogen (secondary N) is 2. The molecule has 1 saturated heterocycles. The zero-order chi connectivity index (χ0) is 19.1. The van der Waals surface area contributed by atoms with E-state index in [1.807, 2.05) is 33.8 Å². The standard InChI is InChI=1S/C19H31N5O2/c1-13(2)20-18(25)6-5-7-19(26)23-16-8-10-24(11-9-16)17-12-14(3)21-15(4)22-17/h12-13,16H,5-11H2,1-4H3,(H,20,25)(H,23,26). The average Bonchev–Trinajstić information content (AvgIpc) is 2.54. The summed E-state index contributed by atoms with van der Waals surface area (Å²) in [6.07, 6.45) is 3.19. The van der Waals surface area contributed by atoms with Crippen LogP contribution in [0.4, 0.5) is 5.82 Å². The van der Waals surface area contributed by atoms with Crippen molar-refractivity contribution < 1.29 is 9.59 Å². The third kappa shape index (κ3) is 6.61. The fraction of sp³-hybridized carbons (Fsp3) is 0.684. The number of aryl methyl sites for hydroxylation is 2. The van der Waals surface area contributed by atoms with Crippen LogP contribution in [0.15, 0.2) is 6.07 Å². The lowest BCUT2D eigenvalue weighted by Gasteiger charge is -2.33. The highest BCUT2D eigenvalue weighted by Gasteiger charge is 2.22. The Hall–Kier alpha value is -2.18. The molecule has 0 saturated carbocycles. The van der Waals surface area contributed by atoms with Crippen LogP contribution in [0, 0.1) is 13.8 Å². The molecule has 7 nitrogen and oxygen atoms in total. The molecule has 1 aliphatic heterocycles. The van der Waals surface area contributed by atoms with Gasteiger partial charge >= 0.3 is 0 Å². The Morgan fingerprint density at radius 3 is 2.42 bits per heavy atom. The molecule has 2 rings (SSSR count). The number of rotatable bonds is 7. The van der Waals surface area contributed by atoms with Crippen LogP contribution in [0.3, 0.4) is 0 Å². The van der Waals surface area contributed by atoms with Gasteiger partial charge in [-0.05, 0) is 47.0 Å². The Balaban J connectivity index is 1.69. The van der Waals surface area contributed by atoms with Gasteiger partial charge in [0.2, 0.25) is 11.8 Å². The summed E-state index contributed by atoms with van der Waals surface area (Å²) in [7, 11) is 0. The molecule has 2 N–H and O–H groups in total. The van der Waals surface area contributed by atoms with Gasteiger partial charge in [-0.1, -0.05) is 0 Å². The second kappa shape index (κ2) is 9.50. The Labute approximate surface area is 156 Å². The van der Waals surface area contributed by atoms with Gasteiger partial charge in [-0.3, -0.25) is 9.59 Å². The number of aromatic nitrogens is 2. The van der Waals surface area contributed by atoms with Crippen molar-refractivity contribution in [1.82, 2.24) is 20.6 Å². The maximum atomic E-state index is 12.1. The molecule has 7 heteroatoms. The molecule has 0 aromatic carbocycles. The van der Waals surface area contributed by atoms with Gasteiger partial charge in [0, 0.05) is 49.8 Å². The molecule has 0 radical (unpaired) electrons. The van der Waals surface area contributed by atoms with Crippen molar-refractivity contribution in [3.63, 3.8) is 0 Å². The molecule has 2 heterocycles. The van der Waals surface area contributed by atoms with Gasteiger partial charge in [0.25, 0.3) is 0 Å². The summed E-state index contributed by atoms with van der Waals surface area (Å²) in [5, 5.41) is 5.94. The molecular formula is C19H31N5O2. The molecule has 0 aliphatic carbocycles. The highest BCUT2D eigenvalue weighted by Crippen LogP contribution is 2.19. The quantitative estimate of drug-likeness (QED) is 0.774. The van der Waals surface area contributed by atoms with E-state index in [4.69, 9.17) is 0 Å². The van der Waals surface area contributed by atoms with Crippen molar-refractivity contribution in [2.24, 2.45) is 0 Å². The molecule has 0 unspecified atom stereocenters. The van der Waals surface area contributed by atoms with E-state index in [1.54, 1.807) is 0 Å². The van der Waals surface area contributed by atoms with Crippen LogP contribution in [0.5, 0.6) is 0 Å². The SMILES string of the molecule is Cc1cc(N2CCC(NC(=O)CCCC(=O)NC(C)C)CC2)nc(C)n1. The van der Waals surface area contributed by atoms with E-state index in [9.17, 15) is 9.59 Å². The maximum Gasteiger partial charge on any atom is 0.220 e. The lowest BCUT2D eigenvalue weighted by Crippen LogP contribution is -2.45. The summed E-state index contributed by atoms with van der Waals surface area (Å²) in [5.74, 6) is 1.80. The van der Waals surface area contributed by atoms with Crippen LogP contribution in [0.2, 0.25) is 0 Å². The minimum atomic E-state index is 0.0107. The van der Waals surface area contributed by atoms with Crippen LogP contribution in [0.25, 0.3) is 0 Å². The van der Waals surface area contributed by atoms with Crippen molar-refractivity contribution in [3.8, 4) is 0 Å². The van der Waals surface area contributed by atoms with Gasteiger partial charge in [0.05, 0.1) is 0 Å². The summed E-state index contributed by atoms with van der Waals surface area (Å²) in [5.41, 5.74) is 0.976. The van der Waals surface area contributed by atoms with Crippen molar-refractivity contribution in [3.05, 3.63) is 17.6 Å². The number of hydrogen-bond acceptors (Lipinski definition) is 5. The van der Waals surface area contributed by atoms with E-state index < -0.39 is 0 Å². The summed E-state index contributed by atoms with van der Waals surface area (Å²) >= 11 is 0. The van der Waals surface area contributed by atoms with Gasteiger partial charge < -0.3 is 15.5 Å². The first kappa shape index (κ1) is 20.1. The van der Waals surface area contributed by atoms with Crippen LogP contribution in [-0.2, 0) is 9.59 Å². The van der Waals surface area contributed by atoms with E-state index >= 15 is 0 Å². The second-order valence-electron chi connectivity index (χ2n) is 7.32. The maximum absolute atomic E-state index is 12.1.